The van der Waals surface area contributed by atoms with Gasteiger partial charge in [0, 0.05) is 19.5 Å². The zero-order valence-corrected chi connectivity index (χ0v) is 11.4. The van der Waals surface area contributed by atoms with Crippen molar-refractivity contribution in [2.24, 2.45) is 5.41 Å². The van der Waals surface area contributed by atoms with Crippen molar-refractivity contribution in [2.45, 2.75) is 39.0 Å². The molecule has 0 saturated heterocycles. The van der Waals surface area contributed by atoms with E-state index in [9.17, 15) is 14.7 Å². The summed E-state index contributed by atoms with van der Waals surface area (Å²) >= 11 is 0. The number of rotatable bonds is 7. The van der Waals surface area contributed by atoms with Gasteiger partial charge in [0.1, 0.15) is 0 Å². The first-order valence-electron chi connectivity index (χ1n) is 6.69. The molecule has 1 fully saturated rings. The van der Waals surface area contributed by atoms with Gasteiger partial charge in [-0.1, -0.05) is 19.8 Å². The summed E-state index contributed by atoms with van der Waals surface area (Å²) in [6, 6.07) is 0. The maximum Gasteiger partial charge on any atom is 0.310 e. The molecule has 1 aliphatic carbocycles. The van der Waals surface area contributed by atoms with Crippen LogP contribution in [-0.4, -0.2) is 48.6 Å². The highest BCUT2D eigenvalue weighted by atomic mass is 16.4. The summed E-state index contributed by atoms with van der Waals surface area (Å²) in [4.78, 5) is 25.2. The Morgan fingerprint density at radius 2 is 1.94 bits per heavy atom. The van der Waals surface area contributed by atoms with Crippen molar-refractivity contribution in [1.29, 1.82) is 0 Å². The smallest absolute Gasteiger partial charge is 0.310 e. The van der Waals surface area contributed by atoms with Crippen molar-refractivity contribution in [1.82, 2.24) is 10.2 Å². The lowest BCUT2D eigenvalue weighted by Crippen LogP contribution is -2.38. The van der Waals surface area contributed by atoms with Crippen LogP contribution >= 0.6 is 0 Å². The predicted molar refractivity (Wildman–Crippen MR) is 69.3 cm³/mol. The Kier molecular flexibility index (Phi) is 5.59. The minimum Gasteiger partial charge on any atom is -0.481 e. The second-order valence-electron chi connectivity index (χ2n) is 5.22. The van der Waals surface area contributed by atoms with Crippen molar-refractivity contribution in [3.05, 3.63) is 0 Å². The number of carboxylic acids is 1. The highest BCUT2D eigenvalue weighted by Gasteiger charge is 2.42. The molecule has 18 heavy (non-hydrogen) atoms. The SMILES string of the molecule is CCN(C)CCNC(=O)CC1(C(=O)O)CCCC1. The molecule has 0 heterocycles. The Hall–Kier alpha value is -1.10. The largest absolute Gasteiger partial charge is 0.481 e. The number of nitrogens with one attached hydrogen (secondary N) is 1. The number of aliphatic carboxylic acids is 1. The van der Waals surface area contributed by atoms with E-state index in [0.717, 1.165) is 25.9 Å². The fourth-order valence-corrected chi connectivity index (χ4v) is 2.43. The lowest BCUT2D eigenvalue weighted by molar-refractivity contribution is -0.151. The van der Waals surface area contributed by atoms with Gasteiger partial charge in [-0.2, -0.15) is 0 Å². The number of carbonyl (C=O) groups is 2. The Balaban J connectivity index is 2.36. The number of carboxylic acid groups (broad SMARTS) is 1. The van der Waals surface area contributed by atoms with Crippen LogP contribution in [0, 0.1) is 5.41 Å². The van der Waals surface area contributed by atoms with Crippen molar-refractivity contribution in [3.8, 4) is 0 Å². The molecule has 0 bridgehead atoms. The highest BCUT2D eigenvalue weighted by molar-refractivity contribution is 5.85. The monoisotopic (exact) mass is 256 g/mol. The van der Waals surface area contributed by atoms with Gasteiger partial charge in [0.2, 0.25) is 5.91 Å². The van der Waals surface area contributed by atoms with Crippen molar-refractivity contribution >= 4 is 11.9 Å². The molecule has 104 valence electrons. The van der Waals surface area contributed by atoms with E-state index in [-0.39, 0.29) is 12.3 Å². The lowest BCUT2D eigenvalue weighted by Gasteiger charge is -2.23. The van der Waals surface area contributed by atoms with Gasteiger partial charge in [-0.05, 0) is 26.4 Å². The first-order valence-corrected chi connectivity index (χ1v) is 6.69. The van der Waals surface area contributed by atoms with E-state index in [1.165, 1.54) is 0 Å². The standard InChI is InChI=1S/C13H24N2O3/c1-3-15(2)9-8-14-11(16)10-13(12(17)18)6-4-5-7-13/h3-10H2,1-2H3,(H,14,16)(H,17,18). The topological polar surface area (TPSA) is 69.6 Å². The Morgan fingerprint density at radius 3 is 2.44 bits per heavy atom. The minimum atomic E-state index is -0.819. The number of hydrogen-bond donors (Lipinski definition) is 2. The van der Waals surface area contributed by atoms with Gasteiger partial charge in [-0.3, -0.25) is 9.59 Å². The fourth-order valence-electron chi connectivity index (χ4n) is 2.43. The average molecular weight is 256 g/mol. The molecule has 0 aromatic heterocycles. The molecule has 0 atom stereocenters. The zero-order valence-electron chi connectivity index (χ0n) is 11.4. The molecule has 5 nitrogen and oxygen atoms in total. The Morgan fingerprint density at radius 1 is 1.33 bits per heavy atom. The quantitative estimate of drug-likeness (QED) is 0.715. The summed E-state index contributed by atoms with van der Waals surface area (Å²) in [7, 11) is 1.99. The number of nitrogens with zero attached hydrogens (tertiary/aromatic N) is 1. The summed E-state index contributed by atoms with van der Waals surface area (Å²) in [5, 5.41) is 12.1. The average Bonchev–Trinajstić information content (AvgIpc) is 2.78. The Labute approximate surface area is 109 Å². The van der Waals surface area contributed by atoms with E-state index in [4.69, 9.17) is 0 Å². The lowest BCUT2D eigenvalue weighted by atomic mass is 9.82. The molecule has 1 aliphatic rings. The van der Waals surface area contributed by atoms with Gasteiger partial charge in [-0.25, -0.2) is 0 Å². The molecule has 0 radical (unpaired) electrons. The third kappa shape index (κ3) is 3.98. The van der Waals surface area contributed by atoms with Crippen molar-refractivity contribution in [2.75, 3.05) is 26.7 Å². The molecule has 2 N–H and O–H groups in total. The van der Waals surface area contributed by atoms with Gasteiger partial charge in [0.25, 0.3) is 0 Å². The summed E-state index contributed by atoms with van der Waals surface area (Å²) in [5.74, 6) is -0.954. The van der Waals surface area contributed by atoms with Crippen LogP contribution in [0.25, 0.3) is 0 Å². The number of hydrogen-bond acceptors (Lipinski definition) is 3. The zero-order chi connectivity index (χ0) is 13.6. The molecule has 5 heteroatoms. The van der Waals surface area contributed by atoms with Gasteiger partial charge < -0.3 is 15.3 Å². The molecule has 0 aliphatic heterocycles. The van der Waals surface area contributed by atoms with E-state index in [2.05, 4.69) is 17.1 Å². The molecule has 0 unspecified atom stereocenters. The van der Waals surface area contributed by atoms with E-state index in [0.29, 0.717) is 19.4 Å². The summed E-state index contributed by atoms with van der Waals surface area (Å²) < 4.78 is 0. The van der Waals surface area contributed by atoms with Crippen LogP contribution in [0.5, 0.6) is 0 Å². The molecule has 0 aromatic carbocycles. The van der Waals surface area contributed by atoms with Gasteiger partial charge in [0.05, 0.1) is 5.41 Å². The first kappa shape index (κ1) is 15.0. The van der Waals surface area contributed by atoms with Crippen LogP contribution in [0.3, 0.4) is 0 Å². The molecule has 1 rings (SSSR count). The van der Waals surface area contributed by atoms with Crippen LogP contribution in [-0.2, 0) is 9.59 Å². The van der Waals surface area contributed by atoms with Gasteiger partial charge >= 0.3 is 5.97 Å². The maximum absolute atomic E-state index is 11.8. The Bertz CT molecular complexity index is 299. The van der Waals surface area contributed by atoms with Crippen LogP contribution < -0.4 is 5.32 Å². The number of carbonyl (C=O) groups excluding carboxylic acids is 1. The second kappa shape index (κ2) is 6.73. The number of amides is 1. The molecular formula is C13H24N2O3. The van der Waals surface area contributed by atoms with Gasteiger partial charge in [-0.15, -0.1) is 0 Å². The third-order valence-corrected chi connectivity index (χ3v) is 3.87. The molecule has 0 aromatic rings. The molecular weight excluding hydrogens is 232 g/mol. The van der Waals surface area contributed by atoms with E-state index < -0.39 is 11.4 Å². The fraction of sp³-hybridized carbons (Fsp3) is 0.846. The van der Waals surface area contributed by atoms with E-state index in [1.807, 2.05) is 7.05 Å². The summed E-state index contributed by atoms with van der Waals surface area (Å²) in [6.45, 7) is 4.37. The van der Waals surface area contributed by atoms with Gasteiger partial charge in [0.15, 0.2) is 0 Å². The summed E-state index contributed by atoms with van der Waals surface area (Å²) in [5.41, 5.74) is -0.805. The third-order valence-electron chi connectivity index (χ3n) is 3.87. The van der Waals surface area contributed by atoms with Crippen LogP contribution in [0.4, 0.5) is 0 Å². The first-order chi connectivity index (χ1) is 8.50. The maximum atomic E-state index is 11.8. The predicted octanol–water partition coefficient (Wildman–Crippen LogP) is 1.09. The number of likely N-dealkylation sites (N-methyl/N-ethyl adjacent to an activating group) is 1. The molecule has 1 amide bonds. The van der Waals surface area contributed by atoms with Crippen LogP contribution in [0.1, 0.15) is 39.0 Å². The van der Waals surface area contributed by atoms with E-state index in [1.54, 1.807) is 0 Å². The van der Waals surface area contributed by atoms with E-state index >= 15 is 0 Å². The second-order valence-corrected chi connectivity index (χ2v) is 5.22. The minimum absolute atomic E-state index is 0.123. The normalized spacial score (nSPS) is 17.9. The van der Waals surface area contributed by atoms with Crippen molar-refractivity contribution in [3.63, 3.8) is 0 Å². The summed E-state index contributed by atoms with van der Waals surface area (Å²) in [6.07, 6.45) is 3.21. The van der Waals surface area contributed by atoms with Crippen LogP contribution in [0.2, 0.25) is 0 Å². The van der Waals surface area contributed by atoms with Crippen molar-refractivity contribution < 1.29 is 14.7 Å². The molecule has 1 saturated carbocycles. The molecule has 0 spiro atoms. The van der Waals surface area contributed by atoms with Crippen LogP contribution in [0.15, 0.2) is 0 Å². The highest BCUT2D eigenvalue weighted by Crippen LogP contribution is 2.41.